The lowest BCUT2D eigenvalue weighted by molar-refractivity contribution is -0.386. The Morgan fingerprint density at radius 2 is 2.30 bits per heavy atom. The minimum absolute atomic E-state index is 0.193. The van der Waals surface area contributed by atoms with Crippen molar-refractivity contribution in [1.82, 2.24) is 9.88 Å². The van der Waals surface area contributed by atoms with E-state index in [-0.39, 0.29) is 16.7 Å². The van der Waals surface area contributed by atoms with Crippen LogP contribution >= 0.6 is 0 Å². The summed E-state index contributed by atoms with van der Waals surface area (Å²) in [5, 5.41) is 11.1. The summed E-state index contributed by atoms with van der Waals surface area (Å²) in [6, 6.07) is 0.196. The second-order valence-electron chi connectivity index (χ2n) is 5.76. The summed E-state index contributed by atoms with van der Waals surface area (Å²) < 4.78 is 0. The zero-order valence-electron chi connectivity index (χ0n) is 12.3. The van der Waals surface area contributed by atoms with Crippen molar-refractivity contribution in [2.45, 2.75) is 39.8 Å². The van der Waals surface area contributed by atoms with Gasteiger partial charge in [0.1, 0.15) is 0 Å². The molecule has 1 aliphatic heterocycles. The van der Waals surface area contributed by atoms with Gasteiger partial charge in [-0.2, -0.15) is 0 Å². The van der Waals surface area contributed by atoms with Crippen molar-refractivity contribution in [2.75, 3.05) is 13.1 Å². The summed E-state index contributed by atoms with van der Waals surface area (Å²) in [7, 11) is 0. The van der Waals surface area contributed by atoms with Crippen molar-refractivity contribution in [3.05, 3.63) is 33.1 Å². The molecule has 1 saturated heterocycles. The second kappa shape index (κ2) is 5.85. The summed E-state index contributed by atoms with van der Waals surface area (Å²) in [5.74, 6) is 0.510. The Morgan fingerprint density at radius 3 is 2.85 bits per heavy atom. The first-order chi connectivity index (χ1) is 9.40. The summed E-state index contributed by atoms with van der Waals surface area (Å²) in [6.45, 7) is 8.14. The summed E-state index contributed by atoms with van der Waals surface area (Å²) in [4.78, 5) is 17.5. The number of aromatic nitrogens is 1. The number of nitro groups is 1. The van der Waals surface area contributed by atoms with Gasteiger partial charge < -0.3 is 5.73 Å². The van der Waals surface area contributed by atoms with Crippen LogP contribution in [0.3, 0.4) is 0 Å². The average Bonchev–Trinajstić information content (AvgIpc) is 2.81. The molecule has 110 valence electrons. The Labute approximate surface area is 119 Å². The van der Waals surface area contributed by atoms with Gasteiger partial charge in [-0.25, -0.2) is 0 Å². The molecular formula is C14H22N4O2. The molecule has 0 aromatic carbocycles. The van der Waals surface area contributed by atoms with Crippen LogP contribution in [0.2, 0.25) is 0 Å². The molecule has 1 aliphatic rings. The van der Waals surface area contributed by atoms with Crippen LogP contribution in [0, 0.1) is 29.9 Å². The quantitative estimate of drug-likeness (QED) is 0.670. The first-order valence-corrected chi connectivity index (χ1v) is 6.97. The number of aryl methyl sites for hydroxylation is 1. The number of likely N-dealkylation sites (tertiary alicyclic amines) is 1. The maximum atomic E-state index is 11.1. The molecule has 0 radical (unpaired) electrons. The largest absolute Gasteiger partial charge is 0.328 e. The topological polar surface area (TPSA) is 85.3 Å². The van der Waals surface area contributed by atoms with Gasteiger partial charge in [0.15, 0.2) is 0 Å². The molecule has 0 bridgehead atoms. The first-order valence-electron chi connectivity index (χ1n) is 6.97. The minimum Gasteiger partial charge on any atom is -0.328 e. The smallest absolute Gasteiger partial charge is 0.278 e. The highest BCUT2D eigenvalue weighted by molar-refractivity contribution is 5.47. The van der Waals surface area contributed by atoms with Crippen LogP contribution in [-0.2, 0) is 6.54 Å². The third-order valence-electron chi connectivity index (χ3n) is 4.18. The monoisotopic (exact) mass is 278 g/mol. The molecule has 2 rings (SSSR count). The molecule has 1 aromatic heterocycles. The van der Waals surface area contributed by atoms with E-state index < -0.39 is 0 Å². The summed E-state index contributed by atoms with van der Waals surface area (Å²) >= 11 is 0. The van der Waals surface area contributed by atoms with E-state index in [0.717, 1.165) is 25.2 Å². The highest BCUT2D eigenvalue weighted by atomic mass is 16.6. The molecule has 0 spiro atoms. The molecule has 20 heavy (non-hydrogen) atoms. The first kappa shape index (κ1) is 14.9. The van der Waals surface area contributed by atoms with E-state index in [0.29, 0.717) is 23.6 Å². The SMILES string of the molecule is Cc1cnc(CN2CCC(C(C)N)C2)c(C)c1[N+](=O)[O-]. The van der Waals surface area contributed by atoms with Crippen LogP contribution in [0.25, 0.3) is 0 Å². The molecule has 6 heteroatoms. The van der Waals surface area contributed by atoms with Crippen LogP contribution in [0.1, 0.15) is 30.2 Å². The van der Waals surface area contributed by atoms with E-state index in [2.05, 4.69) is 9.88 Å². The van der Waals surface area contributed by atoms with Gasteiger partial charge in [0.05, 0.1) is 10.6 Å². The van der Waals surface area contributed by atoms with Crippen molar-refractivity contribution in [2.24, 2.45) is 11.7 Å². The Balaban J connectivity index is 2.15. The molecule has 0 amide bonds. The number of rotatable bonds is 4. The normalized spacial score (nSPS) is 21.1. The number of nitrogens with zero attached hydrogens (tertiary/aromatic N) is 3. The van der Waals surface area contributed by atoms with Crippen LogP contribution in [0.4, 0.5) is 5.69 Å². The van der Waals surface area contributed by atoms with E-state index in [1.807, 2.05) is 6.92 Å². The fourth-order valence-corrected chi connectivity index (χ4v) is 2.85. The van der Waals surface area contributed by atoms with Gasteiger partial charge in [0.2, 0.25) is 0 Å². The average molecular weight is 278 g/mol. The lowest BCUT2D eigenvalue weighted by Crippen LogP contribution is -2.29. The maximum Gasteiger partial charge on any atom is 0.278 e. The van der Waals surface area contributed by atoms with Crippen LogP contribution in [0.5, 0.6) is 0 Å². The minimum atomic E-state index is -0.315. The maximum absolute atomic E-state index is 11.1. The van der Waals surface area contributed by atoms with E-state index in [1.165, 1.54) is 0 Å². The number of hydrogen-bond donors (Lipinski definition) is 1. The highest BCUT2D eigenvalue weighted by Gasteiger charge is 2.27. The lowest BCUT2D eigenvalue weighted by atomic mass is 10.0. The molecule has 2 heterocycles. The molecule has 1 aromatic rings. The highest BCUT2D eigenvalue weighted by Crippen LogP contribution is 2.26. The summed E-state index contributed by atoms with van der Waals surface area (Å²) in [5.41, 5.74) is 8.22. The van der Waals surface area contributed by atoms with Crippen LogP contribution in [0.15, 0.2) is 6.20 Å². The molecule has 0 saturated carbocycles. The third kappa shape index (κ3) is 2.96. The fourth-order valence-electron chi connectivity index (χ4n) is 2.85. The third-order valence-corrected chi connectivity index (χ3v) is 4.18. The Bertz CT molecular complexity index is 516. The molecule has 0 aliphatic carbocycles. The van der Waals surface area contributed by atoms with Gasteiger partial charge in [-0.1, -0.05) is 0 Å². The van der Waals surface area contributed by atoms with E-state index >= 15 is 0 Å². The van der Waals surface area contributed by atoms with Crippen molar-refractivity contribution < 1.29 is 4.92 Å². The van der Waals surface area contributed by atoms with E-state index in [1.54, 1.807) is 20.0 Å². The predicted molar refractivity (Wildman–Crippen MR) is 77.4 cm³/mol. The van der Waals surface area contributed by atoms with Gasteiger partial charge in [0.25, 0.3) is 5.69 Å². The molecular weight excluding hydrogens is 256 g/mol. The summed E-state index contributed by atoms with van der Waals surface area (Å²) in [6.07, 6.45) is 2.68. The van der Waals surface area contributed by atoms with Crippen LogP contribution in [-0.4, -0.2) is 33.9 Å². The zero-order valence-corrected chi connectivity index (χ0v) is 12.3. The van der Waals surface area contributed by atoms with Crippen LogP contribution < -0.4 is 5.73 Å². The fraction of sp³-hybridized carbons (Fsp3) is 0.643. The number of pyridine rings is 1. The van der Waals surface area contributed by atoms with Crippen molar-refractivity contribution in [3.8, 4) is 0 Å². The van der Waals surface area contributed by atoms with Gasteiger partial charge in [-0.05, 0) is 39.7 Å². The van der Waals surface area contributed by atoms with Gasteiger partial charge in [-0.3, -0.25) is 20.0 Å². The lowest BCUT2D eigenvalue weighted by Gasteiger charge is -2.18. The number of nitrogens with two attached hydrogens (primary N) is 1. The van der Waals surface area contributed by atoms with Gasteiger partial charge >= 0.3 is 0 Å². The van der Waals surface area contributed by atoms with Crippen molar-refractivity contribution in [3.63, 3.8) is 0 Å². The second-order valence-corrected chi connectivity index (χ2v) is 5.76. The van der Waals surface area contributed by atoms with Crippen molar-refractivity contribution in [1.29, 1.82) is 0 Å². The molecule has 2 N–H and O–H groups in total. The van der Waals surface area contributed by atoms with Gasteiger partial charge in [-0.15, -0.1) is 0 Å². The van der Waals surface area contributed by atoms with Gasteiger partial charge in [0, 0.05) is 36.5 Å². The number of hydrogen-bond acceptors (Lipinski definition) is 5. The van der Waals surface area contributed by atoms with E-state index in [4.69, 9.17) is 5.73 Å². The molecule has 1 fully saturated rings. The molecule has 2 atom stereocenters. The van der Waals surface area contributed by atoms with E-state index in [9.17, 15) is 10.1 Å². The Hall–Kier alpha value is -1.53. The zero-order chi connectivity index (χ0) is 14.9. The molecule has 2 unspecified atom stereocenters. The molecule has 6 nitrogen and oxygen atoms in total. The Morgan fingerprint density at radius 1 is 1.60 bits per heavy atom. The van der Waals surface area contributed by atoms with Crippen molar-refractivity contribution >= 4 is 5.69 Å². The predicted octanol–water partition coefficient (Wildman–Crippen LogP) is 1.78. The Kier molecular flexibility index (Phi) is 4.35. The standard InChI is InChI=1S/C14H22N4O2/c1-9-6-16-13(10(2)14(9)18(19)20)8-17-5-4-12(7-17)11(3)15/h6,11-12H,4-5,7-8,15H2,1-3H3.